The van der Waals surface area contributed by atoms with Gasteiger partial charge in [0.2, 0.25) is 5.91 Å². The maximum Gasteiger partial charge on any atom is 0.317 e. The van der Waals surface area contributed by atoms with Crippen molar-refractivity contribution in [3.05, 3.63) is 0 Å². The average molecular weight is 301 g/mol. The first-order valence-corrected chi connectivity index (χ1v) is 7.22. The first kappa shape index (κ1) is 19.2. The zero-order valence-corrected chi connectivity index (χ0v) is 13.4. The maximum atomic E-state index is 12.1. The van der Waals surface area contributed by atoms with Gasteiger partial charge >= 0.3 is 12.0 Å². The van der Waals surface area contributed by atoms with Crippen LogP contribution in [-0.4, -0.2) is 66.5 Å². The van der Waals surface area contributed by atoms with Crippen LogP contribution in [0.5, 0.6) is 0 Å². The monoisotopic (exact) mass is 301 g/mol. The second-order valence-electron chi connectivity index (χ2n) is 5.43. The van der Waals surface area contributed by atoms with Crippen LogP contribution in [0.15, 0.2) is 0 Å². The van der Waals surface area contributed by atoms with Crippen molar-refractivity contribution in [3.8, 4) is 0 Å². The number of hydrogen-bond donors (Lipinski definition) is 2. The van der Waals surface area contributed by atoms with Crippen molar-refractivity contribution < 1.29 is 19.5 Å². The van der Waals surface area contributed by atoms with E-state index in [1.54, 1.807) is 14.1 Å². The van der Waals surface area contributed by atoms with Crippen molar-refractivity contribution >= 4 is 17.9 Å². The number of nitrogens with zero attached hydrogens (tertiary/aromatic N) is 2. The lowest BCUT2D eigenvalue weighted by Gasteiger charge is -2.24. The maximum absolute atomic E-state index is 12.1. The van der Waals surface area contributed by atoms with Gasteiger partial charge in [-0.05, 0) is 18.8 Å². The van der Waals surface area contributed by atoms with Gasteiger partial charge in [0.05, 0.1) is 0 Å². The Kier molecular flexibility index (Phi) is 9.16. The molecule has 0 aromatic rings. The van der Waals surface area contributed by atoms with Crippen molar-refractivity contribution in [1.82, 2.24) is 15.1 Å². The molecule has 0 fully saturated rings. The summed E-state index contributed by atoms with van der Waals surface area (Å²) in [6, 6.07) is -0.283. The van der Waals surface area contributed by atoms with E-state index in [1.165, 1.54) is 9.80 Å². The molecule has 122 valence electrons. The number of likely N-dealkylation sites (N-methyl/N-ethyl adjacent to an activating group) is 1. The fourth-order valence-corrected chi connectivity index (χ4v) is 1.67. The second kappa shape index (κ2) is 10.0. The number of carbonyl (C=O) groups is 3. The third-order valence-electron chi connectivity index (χ3n) is 3.06. The molecule has 0 radical (unpaired) electrons. The fourth-order valence-electron chi connectivity index (χ4n) is 1.67. The summed E-state index contributed by atoms with van der Waals surface area (Å²) in [5.74, 6) is -0.882. The number of rotatable bonds is 9. The molecule has 0 aromatic heterocycles. The summed E-state index contributed by atoms with van der Waals surface area (Å²) in [6.07, 6.45) is 1.37. The van der Waals surface area contributed by atoms with Gasteiger partial charge in [-0.25, -0.2) is 4.79 Å². The van der Waals surface area contributed by atoms with Gasteiger partial charge in [0.15, 0.2) is 0 Å². The lowest BCUT2D eigenvalue weighted by molar-refractivity contribution is -0.137. The van der Waals surface area contributed by atoms with E-state index >= 15 is 0 Å². The van der Waals surface area contributed by atoms with Crippen LogP contribution in [0, 0.1) is 5.92 Å². The van der Waals surface area contributed by atoms with Crippen LogP contribution >= 0.6 is 0 Å². The normalized spacial score (nSPS) is 11.6. The molecule has 0 saturated heterocycles. The van der Waals surface area contributed by atoms with E-state index in [0.717, 1.165) is 6.42 Å². The van der Waals surface area contributed by atoms with Crippen LogP contribution in [0.25, 0.3) is 0 Å². The highest BCUT2D eigenvalue weighted by Gasteiger charge is 2.17. The van der Waals surface area contributed by atoms with Gasteiger partial charge in [0.1, 0.15) is 6.54 Å². The number of carboxylic acids is 1. The number of carboxylic acid groups (broad SMARTS) is 1. The van der Waals surface area contributed by atoms with Crippen molar-refractivity contribution in [3.63, 3.8) is 0 Å². The molecule has 0 aromatic carbocycles. The minimum absolute atomic E-state index is 0.0518. The van der Waals surface area contributed by atoms with E-state index in [0.29, 0.717) is 19.5 Å². The van der Waals surface area contributed by atoms with Crippen LogP contribution in [0.1, 0.15) is 33.1 Å². The number of aliphatic carboxylic acids is 1. The molecule has 0 aliphatic rings. The van der Waals surface area contributed by atoms with Gasteiger partial charge in [-0.2, -0.15) is 0 Å². The highest BCUT2D eigenvalue weighted by molar-refractivity contribution is 5.83. The van der Waals surface area contributed by atoms with Gasteiger partial charge in [-0.15, -0.1) is 0 Å². The summed E-state index contributed by atoms with van der Waals surface area (Å²) >= 11 is 0. The Morgan fingerprint density at radius 3 is 2.33 bits per heavy atom. The Balaban J connectivity index is 4.28. The molecule has 0 heterocycles. The summed E-state index contributed by atoms with van der Waals surface area (Å²) in [5, 5.41) is 11.4. The minimum atomic E-state index is -0.836. The highest BCUT2D eigenvalue weighted by Crippen LogP contribution is 2.04. The SMILES string of the molecule is CCCN(CC(=O)N(C)C)C(=O)NCC(C)CCC(=O)O. The second-order valence-corrected chi connectivity index (χ2v) is 5.43. The Labute approximate surface area is 126 Å². The Morgan fingerprint density at radius 2 is 1.86 bits per heavy atom. The molecular formula is C14H27N3O4. The van der Waals surface area contributed by atoms with Crippen LogP contribution in [0.3, 0.4) is 0 Å². The molecule has 0 spiro atoms. The number of hydrogen-bond acceptors (Lipinski definition) is 3. The van der Waals surface area contributed by atoms with Crippen LogP contribution in [-0.2, 0) is 9.59 Å². The molecule has 3 amide bonds. The third kappa shape index (κ3) is 8.88. The summed E-state index contributed by atoms with van der Waals surface area (Å²) in [7, 11) is 3.30. The molecular weight excluding hydrogens is 274 g/mol. The average Bonchev–Trinajstić information content (AvgIpc) is 2.41. The number of nitrogens with one attached hydrogen (secondary N) is 1. The summed E-state index contributed by atoms with van der Waals surface area (Å²) in [4.78, 5) is 37.2. The van der Waals surface area contributed by atoms with E-state index in [2.05, 4.69) is 5.32 Å². The summed E-state index contributed by atoms with van der Waals surface area (Å²) < 4.78 is 0. The van der Waals surface area contributed by atoms with Gasteiger partial charge in [-0.3, -0.25) is 9.59 Å². The zero-order chi connectivity index (χ0) is 16.4. The van der Waals surface area contributed by atoms with Crippen molar-refractivity contribution in [2.45, 2.75) is 33.1 Å². The largest absolute Gasteiger partial charge is 0.481 e. The van der Waals surface area contributed by atoms with Gasteiger partial charge < -0.3 is 20.2 Å². The van der Waals surface area contributed by atoms with Gasteiger partial charge in [-0.1, -0.05) is 13.8 Å². The van der Waals surface area contributed by atoms with Crippen molar-refractivity contribution in [2.24, 2.45) is 5.92 Å². The predicted octanol–water partition coefficient (Wildman–Crippen LogP) is 0.997. The Bertz CT molecular complexity index is 358. The molecule has 0 bridgehead atoms. The smallest absolute Gasteiger partial charge is 0.317 e. The standard InChI is InChI=1S/C14H27N3O4/c1-5-8-17(10-12(18)16(3)4)14(21)15-9-11(2)6-7-13(19)20/h11H,5-10H2,1-4H3,(H,15,21)(H,19,20). The molecule has 0 saturated carbocycles. The van der Waals surface area contributed by atoms with E-state index < -0.39 is 5.97 Å². The van der Waals surface area contributed by atoms with Gasteiger partial charge in [0, 0.05) is 33.6 Å². The fraction of sp³-hybridized carbons (Fsp3) is 0.786. The van der Waals surface area contributed by atoms with Crippen LogP contribution < -0.4 is 5.32 Å². The third-order valence-corrected chi connectivity index (χ3v) is 3.06. The minimum Gasteiger partial charge on any atom is -0.481 e. The number of carbonyl (C=O) groups excluding carboxylic acids is 2. The van der Waals surface area contributed by atoms with Crippen LogP contribution in [0.2, 0.25) is 0 Å². The van der Waals surface area contributed by atoms with E-state index in [-0.39, 0.29) is 30.8 Å². The van der Waals surface area contributed by atoms with Crippen molar-refractivity contribution in [2.75, 3.05) is 33.7 Å². The molecule has 7 heteroatoms. The molecule has 7 nitrogen and oxygen atoms in total. The molecule has 0 rings (SSSR count). The molecule has 1 unspecified atom stereocenters. The molecule has 0 aliphatic carbocycles. The van der Waals surface area contributed by atoms with Gasteiger partial charge in [0.25, 0.3) is 0 Å². The highest BCUT2D eigenvalue weighted by atomic mass is 16.4. The van der Waals surface area contributed by atoms with E-state index in [9.17, 15) is 14.4 Å². The first-order chi connectivity index (χ1) is 9.77. The topological polar surface area (TPSA) is 90.0 Å². The quantitative estimate of drug-likeness (QED) is 0.665. The predicted molar refractivity (Wildman–Crippen MR) is 80.0 cm³/mol. The molecule has 2 N–H and O–H groups in total. The van der Waals surface area contributed by atoms with E-state index in [4.69, 9.17) is 5.11 Å². The Morgan fingerprint density at radius 1 is 1.24 bits per heavy atom. The summed E-state index contributed by atoms with van der Waals surface area (Å²) in [6.45, 7) is 4.79. The molecule has 0 aliphatic heterocycles. The Hall–Kier alpha value is -1.79. The lowest BCUT2D eigenvalue weighted by atomic mass is 10.1. The first-order valence-electron chi connectivity index (χ1n) is 7.22. The molecule has 21 heavy (non-hydrogen) atoms. The lowest BCUT2D eigenvalue weighted by Crippen LogP contribution is -2.46. The summed E-state index contributed by atoms with van der Waals surface area (Å²) in [5.41, 5.74) is 0. The zero-order valence-electron chi connectivity index (χ0n) is 13.4. The van der Waals surface area contributed by atoms with Crippen molar-refractivity contribution in [1.29, 1.82) is 0 Å². The number of amides is 3. The van der Waals surface area contributed by atoms with E-state index in [1.807, 2.05) is 13.8 Å². The molecule has 1 atom stereocenters. The van der Waals surface area contributed by atoms with Crippen LogP contribution in [0.4, 0.5) is 4.79 Å². The number of urea groups is 1.